The number of carboxylic acid groups (broad SMARTS) is 1. The highest BCUT2D eigenvalue weighted by Gasteiger charge is 2.25. The first-order valence-electron chi connectivity index (χ1n) is 4.75. The molecule has 2 rings (SSSR count). The number of amides is 1. The molecule has 0 radical (unpaired) electrons. The van der Waals surface area contributed by atoms with E-state index in [4.69, 9.17) is 9.84 Å². The van der Waals surface area contributed by atoms with E-state index in [0.29, 0.717) is 19.7 Å². The molecule has 1 unspecified atom stereocenters. The van der Waals surface area contributed by atoms with Crippen LogP contribution in [0.25, 0.3) is 0 Å². The Labute approximate surface area is 82.5 Å². The lowest BCUT2D eigenvalue weighted by Crippen LogP contribution is -2.34. The summed E-state index contributed by atoms with van der Waals surface area (Å²) >= 11 is 0. The van der Waals surface area contributed by atoms with Crippen molar-refractivity contribution in [2.45, 2.75) is 6.42 Å². The monoisotopic (exact) mass is 195 g/mol. The van der Waals surface area contributed by atoms with Gasteiger partial charge in [-0.1, -0.05) is 12.2 Å². The van der Waals surface area contributed by atoms with Gasteiger partial charge in [-0.3, -0.25) is 0 Å². The first-order chi connectivity index (χ1) is 6.77. The third-order valence-corrected chi connectivity index (χ3v) is 2.56. The lowest BCUT2D eigenvalue weighted by atomic mass is 9.98. The normalized spacial score (nSPS) is 25.9. The number of hydrogen-bond acceptors (Lipinski definition) is 2. The van der Waals surface area contributed by atoms with Crippen molar-refractivity contribution in [1.82, 2.24) is 4.90 Å². The van der Waals surface area contributed by atoms with Gasteiger partial charge in [-0.2, -0.15) is 0 Å². The minimum Gasteiger partial charge on any atom is -0.496 e. The number of hydrogen-bond donors (Lipinski definition) is 1. The van der Waals surface area contributed by atoms with Crippen molar-refractivity contribution < 1.29 is 14.6 Å². The summed E-state index contributed by atoms with van der Waals surface area (Å²) < 4.78 is 5.49. The molecule has 1 N–H and O–H groups in total. The fourth-order valence-electron chi connectivity index (χ4n) is 1.79. The predicted molar refractivity (Wildman–Crippen MR) is 50.9 cm³/mol. The van der Waals surface area contributed by atoms with Crippen molar-refractivity contribution in [3.8, 4) is 0 Å². The summed E-state index contributed by atoms with van der Waals surface area (Å²) in [5, 5.41) is 8.89. The summed E-state index contributed by atoms with van der Waals surface area (Å²) in [7, 11) is 0. The molecular formula is C10H13NO3. The van der Waals surface area contributed by atoms with E-state index in [9.17, 15) is 4.79 Å². The van der Waals surface area contributed by atoms with Crippen LogP contribution in [0.3, 0.4) is 0 Å². The standard InChI is InChI=1S/C10H13NO3/c12-10(13)11-5-6-14-9-4-2-1-3-8(9)7-11/h1-2,4,8H,3,5-7H2,(H,12,13). The highest BCUT2D eigenvalue weighted by Crippen LogP contribution is 2.24. The van der Waals surface area contributed by atoms with Gasteiger partial charge in [0.15, 0.2) is 0 Å². The van der Waals surface area contributed by atoms with Crippen molar-refractivity contribution in [3.05, 3.63) is 24.0 Å². The molecule has 1 aliphatic heterocycles. The van der Waals surface area contributed by atoms with Gasteiger partial charge >= 0.3 is 6.09 Å². The molecule has 0 aromatic rings. The van der Waals surface area contributed by atoms with Gasteiger partial charge in [0.2, 0.25) is 0 Å². The fraction of sp³-hybridized carbons (Fsp3) is 0.500. The predicted octanol–water partition coefficient (Wildman–Crippen LogP) is 1.46. The number of fused-ring (bicyclic) bond motifs is 1. The van der Waals surface area contributed by atoms with Crippen molar-refractivity contribution in [2.24, 2.45) is 5.92 Å². The quantitative estimate of drug-likeness (QED) is 0.636. The molecular weight excluding hydrogens is 182 g/mol. The Morgan fingerprint density at radius 2 is 2.50 bits per heavy atom. The Hall–Kier alpha value is -1.45. The Morgan fingerprint density at radius 3 is 3.29 bits per heavy atom. The van der Waals surface area contributed by atoms with Gasteiger partial charge in [-0.15, -0.1) is 0 Å². The first kappa shape index (κ1) is 9.12. The van der Waals surface area contributed by atoms with Crippen LogP contribution in [-0.4, -0.2) is 35.8 Å². The van der Waals surface area contributed by atoms with Crippen LogP contribution in [0.15, 0.2) is 24.0 Å². The average Bonchev–Trinajstić information content (AvgIpc) is 2.39. The van der Waals surface area contributed by atoms with Gasteiger partial charge in [-0.25, -0.2) is 4.79 Å². The van der Waals surface area contributed by atoms with E-state index in [0.717, 1.165) is 12.2 Å². The number of rotatable bonds is 0. The number of carbonyl (C=O) groups is 1. The first-order valence-corrected chi connectivity index (χ1v) is 4.75. The van der Waals surface area contributed by atoms with Crippen molar-refractivity contribution in [1.29, 1.82) is 0 Å². The minimum absolute atomic E-state index is 0.207. The van der Waals surface area contributed by atoms with Crippen molar-refractivity contribution >= 4 is 6.09 Å². The molecule has 0 spiro atoms. The van der Waals surface area contributed by atoms with Gasteiger partial charge in [0.1, 0.15) is 12.4 Å². The molecule has 0 bridgehead atoms. The molecule has 1 heterocycles. The summed E-state index contributed by atoms with van der Waals surface area (Å²) in [6.07, 6.45) is 5.95. The number of ether oxygens (including phenoxy) is 1. The lowest BCUT2D eigenvalue weighted by molar-refractivity contribution is 0.138. The van der Waals surface area contributed by atoms with E-state index >= 15 is 0 Å². The van der Waals surface area contributed by atoms with Crippen LogP contribution < -0.4 is 0 Å². The van der Waals surface area contributed by atoms with Crippen LogP contribution in [0, 0.1) is 5.92 Å². The maximum Gasteiger partial charge on any atom is 0.407 e. The molecule has 1 atom stereocenters. The van der Waals surface area contributed by atoms with Gasteiger partial charge in [0.05, 0.1) is 6.54 Å². The second-order valence-electron chi connectivity index (χ2n) is 3.51. The number of allylic oxidation sites excluding steroid dienone is 3. The molecule has 0 aromatic heterocycles. The highest BCUT2D eigenvalue weighted by molar-refractivity contribution is 5.65. The molecule has 0 aromatic carbocycles. The van der Waals surface area contributed by atoms with Gasteiger partial charge < -0.3 is 14.7 Å². The van der Waals surface area contributed by atoms with E-state index in [2.05, 4.69) is 0 Å². The van der Waals surface area contributed by atoms with Crippen molar-refractivity contribution in [2.75, 3.05) is 19.7 Å². The van der Waals surface area contributed by atoms with Crippen LogP contribution in [0.1, 0.15) is 6.42 Å². The summed E-state index contributed by atoms with van der Waals surface area (Å²) in [6.45, 7) is 1.47. The van der Waals surface area contributed by atoms with E-state index < -0.39 is 6.09 Å². The molecule has 1 amide bonds. The maximum absolute atomic E-state index is 10.8. The summed E-state index contributed by atoms with van der Waals surface area (Å²) in [5.74, 6) is 1.13. The Kier molecular flexibility index (Phi) is 2.43. The third kappa shape index (κ3) is 1.73. The van der Waals surface area contributed by atoms with Gasteiger partial charge in [0.25, 0.3) is 0 Å². The molecule has 14 heavy (non-hydrogen) atoms. The van der Waals surface area contributed by atoms with E-state index in [1.165, 1.54) is 4.90 Å². The van der Waals surface area contributed by atoms with E-state index in [1.54, 1.807) is 0 Å². The summed E-state index contributed by atoms with van der Waals surface area (Å²) in [6, 6.07) is 0. The Balaban J connectivity index is 2.10. The topological polar surface area (TPSA) is 49.8 Å². The summed E-state index contributed by atoms with van der Waals surface area (Å²) in [5.41, 5.74) is 0. The third-order valence-electron chi connectivity index (χ3n) is 2.56. The molecule has 0 saturated carbocycles. The maximum atomic E-state index is 10.8. The van der Waals surface area contributed by atoms with Crippen LogP contribution in [-0.2, 0) is 4.74 Å². The van der Waals surface area contributed by atoms with Crippen LogP contribution in [0.5, 0.6) is 0 Å². The zero-order valence-electron chi connectivity index (χ0n) is 7.85. The molecule has 1 aliphatic carbocycles. The molecule has 4 nitrogen and oxygen atoms in total. The smallest absolute Gasteiger partial charge is 0.407 e. The van der Waals surface area contributed by atoms with E-state index in [1.807, 2.05) is 18.2 Å². The van der Waals surface area contributed by atoms with Crippen LogP contribution in [0.2, 0.25) is 0 Å². The lowest BCUT2D eigenvalue weighted by Gasteiger charge is -2.21. The molecule has 76 valence electrons. The van der Waals surface area contributed by atoms with Gasteiger partial charge in [0, 0.05) is 12.5 Å². The second-order valence-corrected chi connectivity index (χ2v) is 3.51. The molecule has 2 aliphatic rings. The van der Waals surface area contributed by atoms with E-state index in [-0.39, 0.29) is 5.92 Å². The summed E-state index contributed by atoms with van der Waals surface area (Å²) in [4.78, 5) is 12.2. The Bertz CT molecular complexity index is 296. The van der Waals surface area contributed by atoms with Crippen LogP contribution >= 0.6 is 0 Å². The zero-order valence-corrected chi connectivity index (χ0v) is 7.85. The molecule has 1 saturated heterocycles. The number of nitrogens with zero attached hydrogens (tertiary/aromatic N) is 1. The SMILES string of the molecule is O=C(O)N1CCOC2=CC=CCC2C1. The molecule has 4 heteroatoms. The largest absolute Gasteiger partial charge is 0.496 e. The highest BCUT2D eigenvalue weighted by atomic mass is 16.5. The van der Waals surface area contributed by atoms with Gasteiger partial charge in [-0.05, 0) is 12.5 Å². The minimum atomic E-state index is -0.857. The second kappa shape index (κ2) is 3.74. The zero-order chi connectivity index (χ0) is 9.97. The average molecular weight is 195 g/mol. The Morgan fingerprint density at radius 1 is 1.64 bits per heavy atom. The fourth-order valence-corrected chi connectivity index (χ4v) is 1.79. The van der Waals surface area contributed by atoms with Crippen LogP contribution in [0.4, 0.5) is 4.79 Å². The van der Waals surface area contributed by atoms with Crippen molar-refractivity contribution in [3.63, 3.8) is 0 Å². The molecule has 1 fully saturated rings.